The molecule has 0 radical (unpaired) electrons. The van der Waals surface area contributed by atoms with Crippen LogP contribution in [-0.2, 0) is 22.5 Å². The number of pyridine rings is 1. The summed E-state index contributed by atoms with van der Waals surface area (Å²) in [5, 5.41) is 0. The largest absolute Gasteiger partial charge is 0.573 e. The Balaban J connectivity index is 3.21. The first-order valence-electron chi connectivity index (χ1n) is 5.07. The zero-order valence-corrected chi connectivity index (χ0v) is 9.95. The molecule has 0 fully saturated rings. The number of esters is 1. The van der Waals surface area contributed by atoms with Crippen LogP contribution < -0.4 is 16.2 Å². The van der Waals surface area contributed by atoms with Crippen LogP contribution in [-0.4, -0.2) is 24.4 Å². The van der Waals surface area contributed by atoms with Crippen LogP contribution in [0.3, 0.4) is 0 Å². The van der Waals surface area contributed by atoms with Crippen molar-refractivity contribution in [1.29, 1.82) is 0 Å². The molecule has 0 aliphatic rings. The Morgan fingerprint density at radius 2 is 2.11 bits per heavy atom. The van der Waals surface area contributed by atoms with Gasteiger partial charge in [-0.1, -0.05) is 0 Å². The van der Waals surface area contributed by atoms with Crippen molar-refractivity contribution in [3.8, 4) is 5.75 Å². The number of hydrogen-bond acceptors (Lipinski definition) is 6. The molecule has 1 heterocycles. The number of carbonyl (C=O) groups is 1. The van der Waals surface area contributed by atoms with E-state index in [1.807, 2.05) is 0 Å². The highest BCUT2D eigenvalue weighted by atomic mass is 19.4. The van der Waals surface area contributed by atoms with Gasteiger partial charge in [-0.15, -0.1) is 13.2 Å². The molecule has 6 nitrogen and oxygen atoms in total. The number of ether oxygens (including phenoxy) is 2. The average molecular weight is 279 g/mol. The smallest absolute Gasteiger partial charge is 0.469 e. The number of halogens is 3. The molecule has 9 heteroatoms. The summed E-state index contributed by atoms with van der Waals surface area (Å²) in [5.74, 6) is -1.63. The minimum Gasteiger partial charge on any atom is -0.469 e. The number of nitrogens with two attached hydrogens (primary N) is 2. The van der Waals surface area contributed by atoms with Gasteiger partial charge in [0.15, 0.2) is 0 Å². The second-order valence-electron chi connectivity index (χ2n) is 3.48. The zero-order chi connectivity index (χ0) is 14.6. The molecule has 1 rings (SSSR count). The molecule has 0 amide bonds. The Labute approximate surface area is 106 Å². The lowest BCUT2D eigenvalue weighted by atomic mass is 10.1. The first-order chi connectivity index (χ1) is 8.76. The van der Waals surface area contributed by atoms with E-state index in [1.165, 1.54) is 0 Å². The summed E-state index contributed by atoms with van der Waals surface area (Å²) in [6, 6.07) is 0.988. The monoisotopic (exact) mass is 279 g/mol. The predicted molar refractivity (Wildman–Crippen MR) is 58.9 cm³/mol. The van der Waals surface area contributed by atoms with E-state index in [9.17, 15) is 18.0 Å². The van der Waals surface area contributed by atoms with Gasteiger partial charge in [-0.05, 0) is 0 Å². The summed E-state index contributed by atoms with van der Waals surface area (Å²) < 4.78 is 45.0. The van der Waals surface area contributed by atoms with Gasteiger partial charge < -0.3 is 20.9 Å². The quantitative estimate of drug-likeness (QED) is 0.788. The third kappa shape index (κ3) is 4.28. The molecule has 0 aliphatic heterocycles. The van der Waals surface area contributed by atoms with Gasteiger partial charge in [0.2, 0.25) is 0 Å². The van der Waals surface area contributed by atoms with E-state index in [1.54, 1.807) is 0 Å². The third-order valence-corrected chi connectivity index (χ3v) is 2.15. The second-order valence-corrected chi connectivity index (χ2v) is 3.48. The van der Waals surface area contributed by atoms with E-state index in [4.69, 9.17) is 11.5 Å². The number of anilines is 1. The van der Waals surface area contributed by atoms with Gasteiger partial charge in [0.1, 0.15) is 11.6 Å². The van der Waals surface area contributed by atoms with E-state index in [0.29, 0.717) is 0 Å². The zero-order valence-electron chi connectivity index (χ0n) is 9.95. The maximum Gasteiger partial charge on any atom is 0.573 e. The number of aromatic nitrogens is 1. The molecule has 1 aromatic rings. The lowest BCUT2D eigenvalue weighted by Gasteiger charge is -2.15. The predicted octanol–water partition coefficient (Wildman–Crippen LogP) is 0.737. The molecule has 0 unspecified atom stereocenters. The van der Waals surface area contributed by atoms with E-state index >= 15 is 0 Å². The van der Waals surface area contributed by atoms with Gasteiger partial charge in [0.05, 0.1) is 19.2 Å². The third-order valence-electron chi connectivity index (χ3n) is 2.15. The van der Waals surface area contributed by atoms with Crippen LogP contribution in [0.4, 0.5) is 19.0 Å². The number of rotatable bonds is 4. The van der Waals surface area contributed by atoms with E-state index in [0.717, 1.165) is 13.2 Å². The molecule has 0 spiro atoms. The Morgan fingerprint density at radius 1 is 1.47 bits per heavy atom. The number of nitrogens with zero attached hydrogens (tertiary/aromatic N) is 1. The Kier molecular flexibility index (Phi) is 4.54. The van der Waals surface area contributed by atoms with Crippen molar-refractivity contribution < 1.29 is 27.4 Å². The van der Waals surface area contributed by atoms with Crippen molar-refractivity contribution in [2.24, 2.45) is 5.73 Å². The van der Waals surface area contributed by atoms with Gasteiger partial charge in [-0.2, -0.15) is 0 Å². The molecular weight excluding hydrogens is 267 g/mol. The summed E-state index contributed by atoms with van der Waals surface area (Å²) in [5.41, 5.74) is 10.7. The van der Waals surface area contributed by atoms with Crippen LogP contribution in [0.25, 0.3) is 0 Å². The van der Waals surface area contributed by atoms with Crippen molar-refractivity contribution in [3.63, 3.8) is 0 Å². The standard InChI is InChI=1S/C10H12F3N3O3/c1-18-8(17)3-6-7(19-10(11,12)13)2-5(4-14)16-9(6)15/h2H,3-4,14H2,1H3,(H2,15,16). The van der Waals surface area contributed by atoms with Gasteiger partial charge in [-0.25, -0.2) is 4.98 Å². The molecule has 4 N–H and O–H groups in total. The number of methoxy groups -OCH3 is 1. The van der Waals surface area contributed by atoms with Crippen LogP contribution in [0.5, 0.6) is 5.75 Å². The van der Waals surface area contributed by atoms with Crippen molar-refractivity contribution in [2.45, 2.75) is 19.3 Å². The molecule has 0 saturated carbocycles. The average Bonchev–Trinajstić information content (AvgIpc) is 2.30. The topological polar surface area (TPSA) is 100 Å². The van der Waals surface area contributed by atoms with Crippen molar-refractivity contribution >= 4 is 11.8 Å². The highest BCUT2D eigenvalue weighted by Gasteiger charge is 2.33. The molecule has 0 bridgehead atoms. The highest BCUT2D eigenvalue weighted by molar-refractivity contribution is 5.75. The maximum absolute atomic E-state index is 12.3. The van der Waals surface area contributed by atoms with Crippen LogP contribution in [0, 0.1) is 0 Å². The summed E-state index contributed by atoms with van der Waals surface area (Å²) >= 11 is 0. The molecule has 0 saturated heterocycles. The first-order valence-corrected chi connectivity index (χ1v) is 5.07. The summed E-state index contributed by atoms with van der Waals surface area (Å²) in [4.78, 5) is 14.9. The molecular formula is C10H12F3N3O3. The molecule has 106 valence electrons. The second kappa shape index (κ2) is 5.74. The van der Waals surface area contributed by atoms with E-state index in [-0.39, 0.29) is 23.6 Å². The number of carbonyl (C=O) groups excluding carboxylic acids is 1. The fourth-order valence-electron chi connectivity index (χ4n) is 1.33. The Bertz CT molecular complexity index is 477. The van der Waals surface area contributed by atoms with Crippen LogP contribution >= 0.6 is 0 Å². The minimum absolute atomic E-state index is 0.114. The number of hydrogen-bond donors (Lipinski definition) is 2. The SMILES string of the molecule is COC(=O)Cc1c(OC(F)(F)F)cc(CN)nc1N. The van der Waals surface area contributed by atoms with E-state index < -0.39 is 24.5 Å². The lowest BCUT2D eigenvalue weighted by Crippen LogP contribution is -2.20. The Hall–Kier alpha value is -2.03. The maximum atomic E-state index is 12.3. The van der Waals surface area contributed by atoms with Crippen LogP contribution in [0.1, 0.15) is 11.3 Å². The van der Waals surface area contributed by atoms with Crippen molar-refractivity contribution in [2.75, 3.05) is 12.8 Å². The fraction of sp³-hybridized carbons (Fsp3) is 0.400. The fourth-order valence-corrected chi connectivity index (χ4v) is 1.33. The highest BCUT2D eigenvalue weighted by Crippen LogP contribution is 2.30. The summed E-state index contributed by atoms with van der Waals surface area (Å²) in [6.07, 6.45) is -5.39. The van der Waals surface area contributed by atoms with Gasteiger partial charge >= 0.3 is 12.3 Å². The Morgan fingerprint density at radius 3 is 2.58 bits per heavy atom. The lowest BCUT2D eigenvalue weighted by molar-refractivity contribution is -0.274. The number of nitrogen functional groups attached to an aromatic ring is 1. The molecule has 0 atom stereocenters. The molecule has 0 aromatic carbocycles. The first kappa shape index (κ1) is 15.0. The summed E-state index contributed by atoms with van der Waals surface area (Å²) in [7, 11) is 1.10. The van der Waals surface area contributed by atoms with Crippen LogP contribution in [0.15, 0.2) is 6.07 Å². The minimum atomic E-state index is -4.91. The van der Waals surface area contributed by atoms with E-state index in [2.05, 4.69) is 14.5 Å². The van der Waals surface area contributed by atoms with Gasteiger partial charge in [0.25, 0.3) is 0 Å². The number of alkyl halides is 3. The molecule has 19 heavy (non-hydrogen) atoms. The van der Waals surface area contributed by atoms with Crippen molar-refractivity contribution in [3.05, 3.63) is 17.3 Å². The molecule has 0 aliphatic carbocycles. The normalized spacial score (nSPS) is 11.2. The van der Waals surface area contributed by atoms with Gasteiger partial charge in [-0.3, -0.25) is 4.79 Å². The van der Waals surface area contributed by atoms with Crippen LogP contribution in [0.2, 0.25) is 0 Å². The molecule has 1 aromatic heterocycles. The summed E-state index contributed by atoms with van der Waals surface area (Å²) in [6.45, 7) is -0.114. The van der Waals surface area contributed by atoms with Crippen molar-refractivity contribution in [1.82, 2.24) is 4.98 Å². The van der Waals surface area contributed by atoms with Gasteiger partial charge in [0, 0.05) is 18.2 Å².